The molecular weight excluding hydrogens is 472 g/mol. The number of aromatic nitrogens is 5. The number of halogens is 2. The van der Waals surface area contributed by atoms with E-state index in [1.807, 2.05) is 37.6 Å². The van der Waals surface area contributed by atoms with Crippen molar-refractivity contribution in [1.82, 2.24) is 29.4 Å². The first-order valence-electron chi connectivity index (χ1n) is 12.8. The molecule has 7 nitrogen and oxygen atoms in total. The van der Waals surface area contributed by atoms with Crippen LogP contribution in [0.25, 0.3) is 22.3 Å². The van der Waals surface area contributed by atoms with Crippen LogP contribution in [0.1, 0.15) is 57.0 Å². The first-order chi connectivity index (χ1) is 17.7. The highest BCUT2D eigenvalue weighted by Crippen LogP contribution is 2.33. The summed E-state index contributed by atoms with van der Waals surface area (Å²) in [5, 5.41) is 3.06. The fraction of sp³-hybridized carbons (Fsp3) is 0.429. The largest absolute Gasteiger partial charge is 0.326 e. The zero-order valence-electron chi connectivity index (χ0n) is 22.0. The van der Waals surface area contributed by atoms with Crippen molar-refractivity contribution in [3.8, 4) is 11.3 Å². The fourth-order valence-corrected chi connectivity index (χ4v) is 5.35. The van der Waals surface area contributed by atoms with E-state index in [0.29, 0.717) is 34.6 Å². The van der Waals surface area contributed by atoms with Crippen LogP contribution in [0.3, 0.4) is 0 Å². The maximum atomic E-state index is 15.0. The third kappa shape index (κ3) is 5.05. The van der Waals surface area contributed by atoms with Crippen LogP contribution in [0.15, 0.2) is 36.7 Å². The van der Waals surface area contributed by atoms with Gasteiger partial charge in [-0.1, -0.05) is 13.0 Å². The third-order valence-electron chi connectivity index (χ3n) is 7.48. The van der Waals surface area contributed by atoms with Gasteiger partial charge in [0.25, 0.3) is 0 Å². The molecule has 0 saturated carbocycles. The molecule has 1 N–H and O–H groups in total. The smallest absolute Gasteiger partial charge is 0.229 e. The Labute approximate surface area is 216 Å². The van der Waals surface area contributed by atoms with Gasteiger partial charge in [0, 0.05) is 17.8 Å². The maximum Gasteiger partial charge on any atom is 0.229 e. The molecule has 1 aliphatic rings. The summed E-state index contributed by atoms with van der Waals surface area (Å²) < 4.78 is 31.7. The first-order valence-corrected chi connectivity index (χ1v) is 12.8. The summed E-state index contributed by atoms with van der Waals surface area (Å²) in [5.41, 5.74) is 2.40. The van der Waals surface area contributed by atoms with Crippen LogP contribution in [-0.4, -0.2) is 49.5 Å². The second-order valence-electron chi connectivity index (χ2n) is 10.4. The molecule has 0 amide bonds. The topological polar surface area (TPSA) is 71.8 Å². The summed E-state index contributed by atoms with van der Waals surface area (Å²) in [6.07, 6.45) is 5.35. The van der Waals surface area contributed by atoms with Crippen LogP contribution in [0, 0.1) is 24.5 Å². The number of hydrogen-bond donors (Lipinski definition) is 1. The highest BCUT2D eigenvalue weighted by Gasteiger charge is 2.24. The van der Waals surface area contributed by atoms with E-state index in [-0.39, 0.29) is 23.2 Å². The lowest BCUT2D eigenvalue weighted by Crippen LogP contribution is -2.32. The molecule has 0 unspecified atom stereocenters. The molecule has 1 aliphatic heterocycles. The molecule has 1 atom stereocenters. The Morgan fingerprint density at radius 2 is 1.73 bits per heavy atom. The monoisotopic (exact) mass is 505 g/mol. The van der Waals surface area contributed by atoms with Crippen molar-refractivity contribution < 1.29 is 8.78 Å². The van der Waals surface area contributed by atoms with Crippen molar-refractivity contribution in [2.75, 3.05) is 25.5 Å². The number of piperidine rings is 1. The molecule has 0 spiro atoms. The van der Waals surface area contributed by atoms with Crippen LogP contribution in [0.4, 0.5) is 20.5 Å². The van der Waals surface area contributed by atoms with Gasteiger partial charge in [0.05, 0.1) is 11.7 Å². The summed E-state index contributed by atoms with van der Waals surface area (Å²) in [6, 6.07) is 7.03. The molecule has 194 valence electrons. The highest BCUT2D eigenvalue weighted by atomic mass is 19.1. The number of likely N-dealkylation sites (tertiary alicyclic amines) is 1. The van der Waals surface area contributed by atoms with E-state index >= 15 is 0 Å². The molecular formula is C28H33F2N7. The van der Waals surface area contributed by atoms with Crippen molar-refractivity contribution in [3.05, 3.63) is 59.7 Å². The van der Waals surface area contributed by atoms with Gasteiger partial charge in [-0.05, 0) is 89.3 Å². The van der Waals surface area contributed by atoms with E-state index in [1.165, 1.54) is 24.5 Å². The van der Waals surface area contributed by atoms with Gasteiger partial charge < -0.3 is 14.8 Å². The van der Waals surface area contributed by atoms with Crippen LogP contribution in [-0.2, 0) is 0 Å². The van der Waals surface area contributed by atoms with Crippen LogP contribution in [0.2, 0.25) is 0 Å². The van der Waals surface area contributed by atoms with Crippen molar-refractivity contribution >= 4 is 22.8 Å². The molecule has 5 rings (SSSR count). The zero-order valence-corrected chi connectivity index (χ0v) is 22.0. The zero-order chi connectivity index (χ0) is 26.3. The van der Waals surface area contributed by atoms with Crippen molar-refractivity contribution in [3.63, 3.8) is 0 Å². The lowest BCUT2D eigenvalue weighted by atomic mass is 9.82. The van der Waals surface area contributed by atoms with Crippen molar-refractivity contribution in [2.24, 2.45) is 5.92 Å². The normalized spacial score (nSPS) is 16.0. The van der Waals surface area contributed by atoms with Gasteiger partial charge in [-0.3, -0.25) is 0 Å². The Bertz CT molecular complexity index is 1410. The predicted molar refractivity (Wildman–Crippen MR) is 142 cm³/mol. The summed E-state index contributed by atoms with van der Waals surface area (Å²) in [5.74, 6) is 1.38. The minimum Gasteiger partial charge on any atom is -0.326 e. The van der Waals surface area contributed by atoms with Gasteiger partial charge in [0.1, 0.15) is 22.9 Å². The quantitative estimate of drug-likeness (QED) is 0.334. The minimum absolute atomic E-state index is 0.0139. The number of rotatable bonds is 6. The fourth-order valence-electron chi connectivity index (χ4n) is 5.35. The molecule has 9 heteroatoms. The number of anilines is 2. The van der Waals surface area contributed by atoms with Gasteiger partial charge in [-0.25, -0.2) is 28.7 Å². The molecule has 1 saturated heterocycles. The Hall–Kier alpha value is -3.46. The van der Waals surface area contributed by atoms with E-state index in [4.69, 9.17) is 0 Å². The Balaban J connectivity index is 1.39. The van der Waals surface area contributed by atoms with E-state index in [1.54, 1.807) is 6.07 Å². The summed E-state index contributed by atoms with van der Waals surface area (Å²) in [6.45, 7) is 10.3. The molecule has 37 heavy (non-hydrogen) atoms. The van der Waals surface area contributed by atoms with Gasteiger partial charge in [-0.2, -0.15) is 0 Å². The van der Waals surface area contributed by atoms with Gasteiger partial charge in [0.2, 0.25) is 5.95 Å². The number of nitrogens with one attached hydrogen (secondary N) is 1. The summed E-state index contributed by atoms with van der Waals surface area (Å²) >= 11 is 0. The number of benzene rings is 1. The molecule has 4 aromatic rings. The number of imidazole rings is 1. The predicted octanol–water partition coefficient (Wildman–Crippen LogP) is 6.24. The lowest BCUT2D eigenvalue weighted by Gasteiger charge is -2.32. The molecule has 4 heterocycles. The van der Waals surface area contributed by atoms with Crippen molar-refractivity contribution in [1.29, 1.82) is 0 Å². The Morgan fingerprint density at radius 3 is 2.41 bits per heavy atom. The van der Waals surface area contributed by atoms with E-state index in [2.05, 4.69) is 50.2 Å². The Kier molecular flexibility index (Phi) is 6.90. The number of aryl methyl sites for hydroxylation is 1. The summed E-state index contributed by atoms with van der Waals surface area (Å²) in [7, 11) is 2.17. The maximum absolute atomic E-state index is 15.0. The molecule has 3 aromatic heterocycles. The van der Waals surface area contributed by atoms with Crippen LogP contribution < -0.4 is 5.32 Å². The van der Waals surface area contributed by atoms with Gasteiger partial charge >= 0.3 is 0 Å². The lowest BCUT2D eigenvalue weighted by molar-refractivity contribution is 0.202. The first kappa shape index (κ1) is 25.2. The number of fused-ring (bicyclic) bond motifs is 1. The molecule has 0 aliphatic carbocycles. The molecule has 0 radical (unpaired) electrons. The van der Waals surface area contributed by atoms with Crippen molar-refractivity contribution in [2.45, 2.75) is 52.5 Å². The SMILES string of the molecule is Cc1nc2c(F)cc(-c3nc(Nc4ccc([C@@H](C)C5CCN(C)CC5)cn4)ncc3F)cc2n1C(C)C. The number of hydrogen-bond acceptors (Lipinski definition) is 6. The van der Waals surface area contributed by atoms with E-state index < -0.39 is 11.6 Å². The van der Waals surface area contributed by atoms with Crippen LogP contribution in [0.5, 0.6) is 0 Å². The second kappa shape index (κ2) is 10.1. The average molecular weight is 506 g/mol. The standard InChI is InChI=1S/C28H33F2N7/c1-16(2)37-18(4)33-27-22(29)12-21(13-24(27)37)26-23(30)15-32-28(35-26)34-25-7-6-20(14-31-25)17(3)19-8-10-36(5)11-9-19/h6-7,12-17,19H,8-11H2,1-5H3,(H,31,32,34,35)/t17-/m0/s1. The van der Waals surface area contributed by atoms with E-state index in [9.17, 15) is 8.78 Å². The highest BCUT2D eigenvalue weighted by molar-refractivity contribution is 5.83. The molecule has 1 fully saturated rings. The Morgan fingerprint density at radius 1 is 0.973 bits per heavy atom. The number of nitrogens with zero attached hydrogens (tertiary/aromatic N) is 6. The second-order valence-corrected chi connectivity index (χ2v) is 10.4. The van der Waals surface area contributed by atoms with Gasteiger partial charge in [0.15, 0.2) is 11.6 Å². The average Bonchev–Trinajstić information content (AvgIpc) is 3.22. The molecule has 1 aromatic carbocycles. The number of pyridine rings is 1. The van der Waals surface area contributed by atoms with E-state index in [0.717, 1.165) is 19.3 Å². The minimum atomic E-state index is -0.633. The third-order valence-corrected chi connectivity index (χ3v) is 7.48. The molecule has 0 bridgehead atoms. The summed E-state index contributed by atoms with van der Waals surface area (Å²) in [4.78, 5) is 19.7. The van der Waals surface area contributed by atoms with Gasteiger partial charge in [-0.15, -0.1) is 0 Å². The van der Waals surface area contributed by atoms with Crippen LogP contribution >= 0.6 is 0 Å².